The van der Waals surface area contributed by atoms with Crippen molar-refractivity contribution in [3.8, 4) is 5.69 Å². The van der Waals surface area contributed by atoms with Gasteiger partial charge >= 0.3 is 0 Å². The number of carbonyl (C=O) groups is 1. The summed E-state index contributed by atoms with van der Waals surface area (Å²) < 4.78 is 14.5. The molecule has 1 aromatic carbocycles. The monoisotopic (exact) mass is 261 g/mol. The molecule has 5 heteroatoms. The second-order valence-corrected chi connectivity index (χ2v) is 4.70. The van der Waals surface area contributed by atoms with Gasteiger partial charge in [0.2, 0.25) is 5.91 Å². The van der Waals surface area contributed by atoms with Crippen LogP contribution in [0.25, 0.3) is 5.69 Å². The predicted octanol–water partition coefficient (Wildman–Crippen LogP) is 2.91. The lowest BCUT2D eigenvalue weighted by molar-refractivity contribution is -0.118. The maximum atomic E-state index is 12.9. The van der Waals surface area contributed by atoms with Gasteiger partial charge < -0.3 is 5.32 Å². The number of aryl methyl sites for hydroxylation is 1. The van der Waals surface area contributed by atoms with Crippen molar-refractivity contribution >= 4 is 11.7 Å². The maximum Gasteiger partial charge on any atom is 0.228 e. The lowest BCUT2D eigenvalue weighted by Gasteiger charge is -2.10. The number of nitrogens with zero attached hydrogens (tertiary/aromatic N) is 2. The molecule has 1 heterocycles. The molecule has 0 spiro atoms. The summed E-state index contributed by atoms with van der Waals surface area (Å²) in [5, 5.41) is 7.11. The number of benzene rings is 1. The van der Waals surface area contributed by atoms with Gasteiger partial charge in [0.25, 0.3) is 0 Å². The van der Waals surface area contributed by atoms with Gasteiger partial charge in [0.1, 0.15) is 11.6 Å². The van der Waals surface area contributed by atoms with Crippen molar-refractivity contribution in [1.82, 2.24) is 9.78 Å². The largest absolute Gasteiger partial charge is 0.310 e. The number of nitrogens with one attached hydrogen (secondary N) is 1. The molecule has 1 N–H and O–H groups in total. The zero-order valence-electron chi connectivity index (χ0n) is 11.1. The molecular weight excluding hydrogens is 245 g/mol. The van der Waals surface area contributed by atoms with E-state index >= 15 is 0 Å². The van der Waals surface area contributed by atoms with Crippen LogP contribution in [0.5, 0.6) is 0 Å². The summed E-state index contributed by atoms with van der Waals surface area (Å²) in [4.78, 5) is 11.7. The molecule has 0 atom stereocenters. The average molecular weight is 261 g/mol. The van der Waals surface area contributed by atoms with E-state index < -0.39 is 0 Å². The first-order valence-electron chi connectivity index (χ1n) is 6.11. The number of carbonyl (C=O) groups excluding carboxylic acids is 1. The van der Waals surface area contributed by atoms with E-state index in [4.69, 9.17) is 0 Å². The molecule has 0 bridgehead atoms. The lowest BCUT2D eigenvalue weighted by atomic mass is 10.2. The Hall–Kier alpha value is -2.17. The summed E-state index contributed by atoms with van der Waals surface area (Å²) in [6.45, 7) is 5.48. The Kier molecular flexibility index (Phi) is 3.64. The van der Waals surface area contributed by atoms with Crippen molar-refractivity contribution in [2.75, 3.05) is 5.32 Å². The highest BCUT2D eigenvalue weighted by atomic mass is 19.1. The molecule has 0 saturated heterocycles. The van der Waals surface area contributed by atoms with Crippen LogP contribution in [0.3, 0.4) is 0 Å². The third-order valence-corrected chi connectivity index (χ3v) is 2.68. The SMILES string of the molecule is Cc1cc(NC(=O)C(C)C)n(-c2ccc(F)cc2)n1. The van der Waals surface area contributed by atoms with E-state index in [1.165, 1.54) is 12.1 Å². The molecule has 0 fully saturated rings. The molecule has 100 valence electrons. The van der Waals surface area contributed by atoms with Gasteiger partial charge in [0, 0.05) is 12.0 Å². The fourth-order valence-corrected chi connectivity index (χ4v) is 1.64. The van der Waals surface area contributed by atoms with Crippen molar-refractivity contribution in [3.05, 3.63) is 41.8 Å². The number of halogens is 1. The molecule has 0 aliphatic rings. The van der Waals surface area contributed by atoms with Gasteiger partial charge in [-0.15, -0.1) is 0 Å². The number of hydrogen-bond acceptors (Lipinski definition) is 2. The van der Waals surface area contributed by atoms with Gasteiger partial charge in [-0.25, -0.2) is 9.07 Å². The summed E-state index contributed by atoms with van der Waals surface area (Å²) in [5.41, 5.74) is 1.48. The van der Waals surface area contributed by atoms with Gasteiger partial charge in [-0.05, 0) is 31.2 Å². The Morgan fingerprint density at radius 3 is 2.53 bits per heavy atom. The van der Waals surface area contributed by atoms with Gasteiger partial charge in [0.15, 0.2) is 0 Å². The van der Waals surface area contributed by atoms with Crippen LogP contribution < -0.4 is 5.32 Å². The van der Waals surface area contributed by atoms with E-state index in [1.807, 2.05) is 20.8 Å². The van der Waals surface area contributed by atoms with Crippen molar-refractivity contribution in [3.63, 3.8) is 0 Å². The molecule has 1 aromatic heterocycles. The first-order valence-corrected chi connectivity index (χ1v) is 6.11. The van der Waals surface area contributed by atoms with Crippen LogP contribution >= 0.6 is 0 Å². The maximum absolute atomic E-state index is 12.9. The summed E-state index contributed by atoms with van der Waals surface area (Å²) >= 11 is 0. The first kappa shape index (κ1) is 13.3. The van der Waals surface area contributed by atoms with Crippen LogP contribution in [0.15, 0.2) is 30.3 Å². The smallest absolute Gasteiger partial charge is 0.228 e. The minimum absolute atomic E-state index is 0.0803. The number of hydrogen-bond donors (Lipinski definition) is 1. The quantitative estimate of drug-likeness (QED) is 0.923. The normalized spacial score (nSPS) is 10.8. The van der Waals surface area contributed by atoms with Crippen LogP contribution in [0.4, 0.5) is 10.2 Å². The Morgan fingerprint density at radius 2 is 1.95 bits per heavy atom. The van der Waals surface area contributed by atoms with Crippen LogP contribution in [-0.2, 0) is 4.79 Å². The molecule has 0 radical (unpaired) electrons. The summed E-state index contributed by atoms with van der Waals surface area (Å²) in [6, 6.07) is 7.74. The predicted molar refractivity (Wildman–Crippen MR) is 71.7 cm³/mol. The van der Waals surface area contributed by atoms with Crippen molar-refractivity contribution in [1.29, 1.82) is 0 Å². The number of amides is 1. The molecular formula is C14H16FN3O. The fraction of sp³-hybridized carbons (Fsp3) is 0.286. The van der Waals surface area contributed by atoms with E-state index in [9.17, 15) is 9.18 Å². The van der Waals surface area contributed by atoms with E-state index in [0.29, 0.717) is 11.5 Å². The molecule has 1 amide bonds. The van der Waals surface area contributed by atoms with Crippen molar-refractivity contribution < 1.29 is 9.18 Å². The average Bonchev–Trinajstić information content (AvgIpc) is 2.71. The highest BCUT2D eigenvalue weighted by Gasteiger charge is 2.13. The number of anilines is 1. The Labute approximate surface area is 111 Å². The molecule has 0 saturated carbocycles. The van der Waals surface area contributed by atoms with Gasteiger partial charge in [-0.2, -0.15) is 5.10 Å². The van der Waals surface area contributed by atoms with E-state index in [-0.39, 0.29) is 17.6 Å². The minimum Gasteiger partial charge on any atom is -0.310 e. The number of aromatic nitrogens is 2. The van der Waals surface area contributed by atoms with Gasteiger partial charge in [-0.3, -0.25) is 4.79 Å². The van der Waals surface area contributed by atoms with Gasteiger partial charge in [0.05, 0.1) is 11.4 Å². The highest BCUT2D eigenvalue weighted by molar-refractivity contribution is 5.91. The second-order valence-electron chi connectivity index (χ2n) is 4.70. The van der Waals surface area contributed by atoms with Crippen molar-refractivity contribution in [2.24, 2.45) is 5.92 Å². The fourth-order valence-electron chi connectivity index (χ4n) is 1.64. The van der Waals surface area contributed by atoms with E-state index in [1.54, 1.807) is 22.9 Å². The molecule has 0 aliphatic heterocycles. The zero-order chi connectivity index (χ0) is 14.0. The molecule has 2 aromatic rings. The molecule has 2 rings (SSSR count). The van der Waals surface area contributed by atoms with Gasteiger partial charge in [-0.1, -0.05) is 13.8 Å². The lowest BCUT2D eigenvalue weighted by Crippen LogP contribution is -2.19. The van der Waals surface area contributed by atoms with Crippen LogP contribution in [0.2, 0.25) is 0 Å². The highest BCUT2D eigenvalue weighted by Crippen LogP contribution is 2.18. The third-order valence-electron chi connectivity index (χ3n) is 2.68. The standard InChI is InChI=1S/C14H16FN3O/c1-9(2)14(19)16-13-8-10(3)17-18(13)12-6-4-11(15)5-7-12/h4-9H,1-3H3,(H,16,19). The van der Waals surface area contributed by atoms with E-state index in [2.05, 4.69) is 10.4 Å². The molecule has 4 nitrogen and oxygen atoms in total. The zero-order valence-corrected chi connectivity index (χ0v) is 11.1. The number of rotatable bonds is 3. The Balaban J connectivity index is 2.35. The molecule has 19 heavy (non-hydrogen) atoms. The molecule has 0 aliphatic carbocycles. The second kappa shape index (κ2) is 5.22. The molecule has 0 unspecified atom stereocenters. The van der Waals surface area contributed by atoms with Crippen LogP contribution in [-0.4, -0.2) is 15.7 Å². The van der Waals surface area contributed by atoms with E-state index in [0.717, 1.165) is 5.69 Å². The van der Waals surface area contributed by atoms with Crippen LogP contribution in [0, 0.1) is 18.7 Å². The third kappa shape index (κ3) is 2.99. The Morgan fingerprint density at radius 1 is 1.32 bits per heavy atom. The minimum atomic E-state index is -0.305. The summed E-state index contributed by atoms with van der Waals surface area (Å²) in [6.07, 6.45) is 0. The summed E-state index contributed by atoms with van der Waals surface area (Å²) in [7, 11) is 0. The Bertz CT molecular complexity index is 587. The summed E-state index contributed by atoms with van der Waals surface area (Å²) in [5.74, 6) is 0.0864. The topological polar surface area (TPSA) is 46.9 Å². The van der Waals surface area contributed by atoms with Crippen LogP contribution in [0.1, 0.15) is 19.5 Å². The first-order chi connectivity index (χ1) is 8.97. The van der Waals surface area contributed by atoms with Crippen molar-refractivity contribution in [2.45, 2.75) is 20.8 Å².